The van der Waals surface area contributed by atoms with E-state index in [-0.39, 0.29) is 11.4 Å². The molecule has 0 unspecified atom stereocenters. The number of nitrogens with zero attached hydrogens (tertiary/aromatic N) is 1. The van der Waals surface area contributed by atoms with Crippen molar-refractivity contribution < 1.29 is 18.5 Å². The number of carbonyl (C=O) groups excluding carboxylic acids is 1. The molecular weight excluding hydrogens is 386 g/mol. The van der Waals surface area contributed by atoms with Gasteiger partial charge in [-0.15, -0.1) is 0 Å². The third kappa shape index (κ3) is 3.68. The van der Waals surface area contributed by atoms with Gasteiger partial charge in [0.25, 0.3) is 5.91 Å². The zero-order valence-electron chi connectivity index (χ0n) is 12.8. The largest absolute Gasteiger partial charge is 0.451 e. The summed E-state index contributed by atoms with van der Waals surface area (Å²) >= 11 is 11.8. The number of anilines is 1. The number of hydrogen-bond donors (Lipinski definition) is 1. The summed E-state index contributed by atoms with van der Waals surface area (Å²) < 4.78 is 18.8. The predicted octanol–water partition coefficient (Wildman–Crippen LogP) is 5.55. The molecule has 26 heavy (non-hydrogen) atoms. The molecule has 1 N–H and O–H groups in total. The second-order valence-electron chi connectivity index (χ2n) is 5.17. The Morgan fingerprint density at radius 2 is 1.85 bits per heavy atom. The molecule has 132 valence electrons. The van der Waals surface area contributed by atoms with Crippen molar-refractivity contribution >= 4 is 40.5 Å². The molecule has 2 aromatic carbocycles. The maximum Gasteiger partial charge on any atom is 0.306 e. The van der Waals surface area contributed by atoms with Crippen LogP contribution >= 0.6 is 23.2 Å². The molecule has 1 heterocycles. The summed E-state index contributed by atoms with van der Waals surface area (Å²) in [5.41, 5.74) is -0.0507. The maximum absolute atomic E-state index is 13.3. The van der Waals surface area contributed by atoms with Gasteiger partial charge >= 0.3 is 5.69 Å². The van der Waals surface area contributed by atoms with Gasteiger partial charge in [0, 0.05) is 17.3 Å². The highest BCUT2D eigenvalue weighted by atomic mass is 35.5. The Morgan fingerprint density at radius 3 is 2.54 bits per heavy atom. The average molecular weight is 395 g/mol. The van der Waals surface area contributed by atoms with Crippen LogP contribution in [0.2, 0.25) is 10.0 Å². The van der Waals surface area contributed by atoms with E-state index in [1.807, 2.05) is 0 Å². The molecule has 0 saturated carbocycles. The molecule has 0 saturated heterocycles. The summed E-state index contributed by atoms with van der Waals surface area (Å²) in [7, 11) is 0. The quantitative estimate of drug-likeness (QED) is 0.463. The first-order valence-electron chi connectivity index (χ1n) is 7.15. The first-order valence-corrected chi connectivity index (χ1v) is 7.91. The van der Waals surface area contributed by atoms with Gasteiger partial charge in [-0.25, -0.2) is 0 Å². The third-order valence-electron chi connectivity index (χ3n) is 3.43. The van der Waals surface area contributed by atoms with Crippen molar-refractivity contribution in [3.63, 3.8) is 0 Å². The lowest BCUT2D eigenvalue weighted by Crippen LogP contribution is -2.11. The predicted molar refractivity (Wildman–Crippen MR) is 95.2 cm³/mol. The number of amides is 1. The third-order valence-corrected chi connectivity index (χ3v) is 4.17. The molecular formula is C17H9Cl2FN2O4. The minimum Gasteiger partial charge on any atom is -0.451 e. The van der Waals surface area contributed by atoms with Gasteiger partial charge in [-0.05, 0) is 42.5 Å². The van der Waals surface area contributed by atoms with Crippen LogP contribution in [0, 0.1) is 15.9 Å². The molecule has 0 aliphatic rings. The number of nitrogens with one attached hydrogen (secondary N) is 1. The van der Waals surface area contributed by atoms with Gasteiger partial charge < -0.3 is 9.73 Å². The Bertz CT molecular complexity index is 1020. The minimum absolute atomic E-state index is 0.0296. The highest BCUT2D eigenvalue weighted by molar-refractivity contribution is 6.42. The lowest BCUT2D eigenvalue weighted by molar-refractivity contribution is -0.387. The van der Waals surface area contributed by atoms with E-state index in [4.69, 9.17) is 27.6 Å². The molecule has 0 bridgehead atoms. The Kier molecular flexibility index (Phi) is 4.92. The second-order valence-corrected chi connectivity index (χ2v) is 5.98. The van der Waals surface area contributed by atoms with Crippen LogP contribution in [-0.4, -0.2) is 10.8 Å². The number of carbonyl (C=O) groups is 1. The van der Waals surface area contributed by atoms with E-state index in [2.05, 4.69) is 5.32 Å². The molecule has 3 rings (SSSR count). The molecule has 0 radical (unpaired) electrons. The van der Waals surface area contributed by atoms with E-state index >= 15 is 0 Å². The SMILES string of the molecule is O=C(Nc1ccc(F)c([N+](=O)[O-])c1)c1ccc(-c2ccc(Cl)c(Cl)c2)o1. The number of benzene rings is 2. The molecule has 0 fully saturated rings. The average Bonchev–Trinajstić information content (AvgIpc) is 3.09. The Balaban J connectivity index is 1.81. The van der Waals surface area contributed by atoms with Gasteiger partial charge in [0.15, 0.2) is 5.76 Å². The number of furan rings is 1. The summed E-state index contributed by atoms with van der Waals surface area (Å²) in [5.74, 6) is -1.28. The van der Waals surface area contributed by atoms with Crippen LogP contribution in [0.5, 0.6) is 0 Å². The van der Waals surface area contributed by atoms with Crippen molar-refractivity contribution in [2.24, 2.45) is 0 Å². The molecule has 1 aromatic heterocycles. The summed E-state index contributed by atoms with van der Waals surface area (Å²) in [6.45, 7) is 0. The fourth-order valence-electron chi connectivity index (χ4n) is 2.19. The summed E-state index contributed by atoms with van der Waals surface area (Å²) in [4.78, 5) is 22.1. The number of halogens is 3. The number of hydrogen-bond acceptors (Lipinski definition) is 4. The van der Waals surface area contributed by atoms with Gasteiger partial charge in [0.2, 0.25) is 5.82 Å². The number of nitro groups is 1. The van der Waals surface area contributed by atoms with E-state index in [0.29, 0.717) is 21.4 Å². The number of nitro benzene ring substituents is 1. The zero-order chi connectivity index (χ0) is 18.8. The maximum atomic E-state index is 13.3. The van der Waals surface area contributed by atoms with Crippen LogP contribution in [0.4, 0.5) is 15.8 Å². The van der Waals surface area contributed by atoms with E-state index in [1.165, 1.54) is 12.1 Å². The van der Waals surface area contributed by atoms with Gasteiger partial charge in [-0.3, -0.25) is 14.9 Å². The van der Waals surface area contributed by atoms with Crippen LogP contribution in [0.15, 0.2) is 52.9 Å². The second kappa shape index (κ2) is 7.15. The van der Waals surface area contributed by atoms with Crippen molar-refractivity contribution in [1.29, 1.82) is 0 Å². The van der Waals surface area contributed by atoms with E-state index in [9.17, 15) is 19.3 Å². The molecule has 1 amide bonds. The van der Waals surface area contributed by atoms with Crippen LogP contribution in [-0.2, 0) is 0 Å². The van der Waals surface area contributed by atoms with E-state index in [1.54, 1.807) is 24.3 Å². The first kappa shape index (κ1) is 17.9. The summed E-state index contributed by atoms with van der Waals surface area (Å²) in [6, 6.07) is 10.9. The molecule has 9 heteroatoms. The van der Waals surface area contributed by atoms with Crippen molar-refractivity contribution in [2.45, 2.75) is 0 Å². The Hall–Kier alpha value is -2.90. The highest BCUT2D eigenvalue weighted by Crippen LogP contribution is 2.30. The zero-order valence-corrected chi connectivity index (χ0v) is 14.3. The van der Waals surface area contributed by atoms with Crippen molar-refractivity contribution in [1.82, 2.24) is 0 Å². The fourth-order valence-corrected chi connectivity index (χ4v) is 2.49. The molecule has 0 atom stereocenters. The Labute approximate surface area is 156 Å². The van der Waals surface area contributed by atoms with Gasteiger partial charge in [-0.2, -0.15) is 4.39 Å². The Morgan fingerprint density at radius 1 is 1.08 bits per heavy atom. The van der Waals surface area contributed by atoms with Gasteiger partial charge in [0.1, 0.15) is 5.76 Å². The summed E-state index contributed by atoms with van der Waals surface area (Å²) in [6.07, 6.45) is 0. The highest BCUT2D eigenvalue weighted by Gasteiger charge is 2.17. The first-order chi connectivity index (χ1) is 12.3. The standard InChI is InChI=1S/C17H9Cl2FN2O4/c18-11-3-1-9(7-12(11)19)15-5-6-16(26-15)17(23)21-10-2-4-13(20)14(8-10)22(24)25/h1-8H,(H,21,23). The molecule has 0 aliphatic heterocycles. The lowest BCUT2D eigenvalue weighted by atomic mass is 10.2. The minimum atomic E-state index is -0.993. The molecule has 0 spiro atoms. The van der Waals surface area contributed by atoms with Crippen LogP contribution in [0.3, 0.4) is 0 Å². The van der Waals surface area contributed by atoms with Crippen molar-refractivity contribution in [3.05, 3.63) is 80.3 Å². The normalized spacial score (nSPS) is 10.6. The fraction of sp³-hybridized carbons (Fsp3) is 0. The molecule has 6 nitrogen and oxygen atoms in total. The summed E-state index contributed by atoms with van der Waals surface area (Å²) in [5, 5.41) is 13.9. The van der Waals surface area contributed by atoms with Gasteiger partial charge in [-0.1, -0.05) is 23.2 Å². The monoisotopic (exact) mass is 394 g/mol. The number of rotatable bonds is 4. The van der Waals surface area contributed by atoms with Crippen molar-refractivity contribution in [2.75, 3.05) is 5.32 Å². The molecule has 3 aromatic rings. The molecule has 0 aliphatic carbocycles. The smallest absolute Gasteiger partial charge is 0.306 e. The van der Waals surface area contributed by atoms with Crippen molar-refractivity contribution in [3.8, 4) is 11.3 Å². The lowest BCUT2D eigenvalue weighted by Gasteiger charge is -2.04. The topological polar surface area (TPSA) is 85.4 Å². The van der Waals surface area contributed by atoms with Gasteiger partial charge in [0.05, 0.1) is 15.0 Å². The van der Waals surface area contributed by atoms with E-state index in [0.717, 1.165) is 12.1 Å². The van der Waals surface area contributed by atoms with Crippen LogP contribution in [0.1, 0.15) is 10.6 Å². The van der Waals surface area contributed by atoms with Crippen LogP contribution < -0.4 is 5.32 Å². The van der Waals surface area contributed by atoms with Crippen LogP contribution in [0.25, 0.3) is 11.3 Å². The van der Waals surface area contributed by atoms with E-state index < -0.39 is 22.3 Å².